The number of carbonyl (C=O) groups excluding carboxylic acids is 1. The van der Waals surface area contributed by atoms with E-state index in [-0.39, 0.29) is 6.03 Å². The number of ether oxygens (including phenoxy) is 4. The van der Waals surface area contributed by atoms with Crippen LogP contribution in [0.25, 0.3) is 0 Å². The molecule has 0 aliphatic heterocycles. The van der Waals surface area contributed by atoms with Crippen molar-refractivity contribution in [3.8, 4) is 23.0 Å². The largest absolute Gasteiger partial charge is 0.493 e. The minimum atomic E-state index is -0.353. The lowest BCUT2D eigenvalue weighted by Gasteiger charge is -2.15. The summed E-state index contributed by atoms with van der Waals surface area (Å²) in [5.74, 6) is 2.21. The van der Waals surface area contributed by atoms with Crippen molar-refractivity contribution in [1.82, 2.24) is 5.32 Å². The van der Waals surface area contributed by atoms with Gasteiger partial charge in [-0.25, -0.2) is 4.79 Å². The molecule has 2 aromatic rings. The van der Waals surface area contributed by atoms with Crippen LogP contribution in [-0.4, -0.2) is 40.5 Å². The second kappa shape index (κ2) is 9.56. The summed E-state index contributed by atoms with van der Waals surface area (Å²) >= 11 is 0. The summed E-state index contributed by atoms with van der Waals surface area (Å²) < 4.78 is 21.5. The van der Waals surface area contributed by atoms with Gasteiger partial charge in [0.2, 0.25) is 5.75 Å². The lowest BCUT2D eigenvalue weighted by atomic mass is 10.1. The molecule has 7 nitrogen and oxygen atoms in total. The Morgan fingerprint density at radius 3 is 2.22 bits per heavy atom. The number of hydrogen-bond donors (Lipinski definition) is 2. The van der Waals surface area contributed by atoms with Gasteiger partial charge >= 0.3 is 6.03 Å². The van der Waals surface area contributed by atoms with E-state index in [9.17, 15) is 4.79 Å². The number of carbonyl (C=O) groups is 1. The Labute approximate surface area is 159 Å². The Bertz CT molecular complexity index is 767. The molecule has 2 N–H and O–H groups in total. The molecule has 2 amide bonds. The van der Waals surface area contributed by atoms with Gasteiger partial charge in [0, 0.05) is 12.1 Å². The number of anilines is 1. The van der Waals surface area contributed by atoms with Crippen LogP contribution < -0.4 is 29.6 Å². The average molecular weight is 374 g/mol. The zero-order chi connectivity index (χ0) is 19.8. The first-order valence-electron chi connectivity index (χ1n) is 8.54. The van der Waals surface area contributed by atoms with Gasteiger partial charge in [0.1, 0.15) is 12.4 Å². The number of nitrogens with one attached hydrogen (secondary N) is 2. The van der Waals surface area contributed by atoms with Crippen LogP contribution in [0.15, 0.2) is 30.3 Å². The van der Waals surface area contributed by atoms with Gasteiger partial charge in [-0.1, -0.05) is 12.1 Å². The third-order valence-electron chi connectivity index (χ3n) is 4.12. The van der Waals surface area contributed by atoms with Gasteiger partial charge in [0.15, 0.2) is 11.5 Å². The van der Waals surface area contributed by atoms with E-state index in [1.165, 1.54) is 26.9 Å². The summed E-state index contributed by atoms with van der Waals surface area (Å²) in [7, 11) is 4.56. The van der Waals surface area contributed by atoms with Crippen molar-refractivity contribution in [3.05, 3.63) is 41.5 Å². The minimum absolute atomic E-state index is 0.353. The van der Waals surface area contributed by atoms with E-state index >= 15 is 0 Å². The van der Waals surface area contributed by atoms with Crippen LogP contribution >= 0.6 is 0 Å². The third kappa shape index (κ3) is 5.20. The first-order chi connectivity index (χ1) is 13.0. The van der Waals surface area contributed by atoms with E-state index in [0.717, 1.165) is 11.3 Å². The first kappa shape index (κ1) is 20.2. The highest BCUT2D eigenvalue weighted by Crippen LogP contribution is 2.39. The molecule has 0 unspecified atom stereocenters. The molecule has 0 fully saturated rings. The predicted octanol–water partition coefficient (Wildman–Crippen LogP) is 3.53. The van der Waals surface area contributed by atoms with Crippen molar-refractivity contribution in [2.75, 3.05) is 39.8 Å². The first-order valence-corrected chi connectivity index (χ1v) is 8.54. The molecule has 0 heterocycles. The van der Waals surface area contributed by atoms with Crippen LogP contribution in [0.3, 0.4) is 0 Å². The molecule has 2 rings (SSSR count). The molecular weight excluding hydrogens is 348 g/mol. The molecule has 2 aromatic carbocycles. The molecule has 0 radical (unpaired) electrons. The van der Waals surface area contributed by atoms with Crippen molar-refractivity contribution in [3.63, 3.8) is 0 Å². The van der Waals surface area contributed by atoms with Crippen molar-refractivity contribution >= 4 is 11.7 Å². The molecule has 0 aliphatic carbocycles. The molecule has 0 spiro atoms. The molecular formula is C20H26N2O5. The van der Waals surface area contributed by atoms with Crippen molar-refractivity contribution in [1.29, 1.82) is 0 Å². The van der Waals surface area contributed by atoms with Gasteiger partial charge in [0.25, 0.3) is 0 Å². The van der Waals surface area contributed by atoms with Crippen LogP contribution in [0.2, 0.25) is 0 Å². The lowest BCUT2D eigenvalue weighted by Crippen LogP contribution is -2.32. The molecule has 0 bridgehead atoms. The summed E-state index contributed by atoms with van der Waals surface area (Å²) in [6.45, 7) is 4.77. The van der Waals surface area contributed by atoms with E-state index in [2.05, 4.69) is 10.6 Å². The monoisotopic (exact) mass is 374 g/mol. The van der Waals surface area contributed by atoms with Gasteiger partial charge in [-0.05, 0) is 31.0 Å². The maximum absolute atomic E-state index is 12.1. The van der Waals surface area contributed by atoms with Gasteiger partial charge in [-0.2, -0.15) is 0 Å². The lowest BCUT2D eigenvalue weighted by molar-refractivity contribution is 0.247. The predicted molar refractivity (Wildman–Crippen MR) is 105 cm³/mol. The van der Waals surface area contributed by atoms with Crippen molar-refractivity contribution in [2.45, 2.75) is 13.8 Å². The maximum atomic E-state index is 12.1. The Morgan fingerprint density at radius 1 is 0.963 bits per heavy atom. The Morgan fingerprint density at radius 2 is 1.63 bits per heavy atom. The van der Waals surface area contributed by atoms with E-state index in [4.69, 9.17) is 18.9 Å². The number of urea groups is 1. The second-order valence-electron chi connectivity index (χ2n) is 5.84. The highest BCUT2D eigenvalue weighted by atomic mass is 16.5. The second-order valence-corrected chi connectivity index (χ2v) is 5.84. The molecule has 0 atom stereocenters. The number of hydrogen-bond acceptors (Lipinski definition) is 5. The molecule has 0 saturated carbocycles. The number of benzene rings is 2. The van der Waals surface area contributed by atoms with Crippen LogP contribution in [0.5, 0.6) is 23.0 Å². The summed E-state index contributed by atoms with van der Waals surface area (Å²) in [6, 6.07) is 8.86. The molecule has 7 heteroatoms. The van der Waals surface area contributed by atoms with Gasteiger partial charge in [-0.15, -0.1) is 0 Å². The summed E-state index contributed by atoms with van der Waals surface area (Å²) in [6.07, 6.45) is 0. The Hall–Kier alpha value is -3.09. The number of aryl methyl sites for hydroxylation is 1. The Balaban J connectivity index is 1.89. The topological polar surface area (TPSA) is 78.1 Å². The summed E-state index contributed by atoms with van der Waals surface area (Å²) in [4.78, 5) is 12.1. The van der Waals surface area contributed by atoms with E-state index in [0.29, 0.717) is 36.1 Å². The highest BCUT2D eigenvalue weighted by molar-refractivity contribution is 5.90. The van der Waals surface area contributed by atoms with E-state index < -0.39 is 0 Å². The van der Waals surface area contributed by atoms with Gasteiger partial charge in [-0.3, -0.25) is 0 Å². The SMILES string of the molecule is COc1cc(NC(=O)NCCOc2cccc(C)c2C)cc(OC)c1OC. The van der Waals surface area contributed by atoms with Crippen LogP contribution in [0.4, 0.5) is 10.5 Å². The minimum Gasteiger partial charge on any atom is -0.493 e. The fourth-order valence-corrected chi connectivity index (χ4v) is 2.53. The number of amides is 2. The molecule has 0 aromatic heterocycles. The van der Waals surface area contributed by atoms with Crippen molar-refractivity contribution < 1.29 is 23.7 Å². The molecule has 27 heavy (non-hydrogen) atoms. The number of rotatable bonds is 8. The fourth-order valence-electron chi connectivity index (χ4n) is 2.53. The normalized spacial score (nSPS) is 10.1. The quantitative estimate of drug-likeness (QED) is 0.691. The number of methoxy groups -OCH3 is 3. The molecule has 146 valence electrons. The van der Waals surface area contributed by atoms with Crippen molar-refractivity contribution in [2.24, 2.45) is 0 Å². The zero-order valence-corrected chi connectivity index (χ0v) is 16.3. The standard InChI is InChI=1S/C20H26N2O5/c1-13-7-6-8-16(14(13)2)27-10-9-21-20(23)22-15-11-17(24-3)19(26-5)18(12-15)25-4/h6-8,11-12H,9-10H2,1-5H3,(H2,21,22,23). The van der Waals surface area contributed by atoms with Crippen LogP contribution in [0, 0.1) is 13.8 Å². The summed E-state index contributed by atoms with van der Waals surface area (Å²) in [5.41, 5.74) is 2.79. The van der Waals surface area contributed by atoms with E-state index in [1.54, 1.807) is 12.1 Å². The summed E-state index contributed by atoms with van der Waals surface area (Å²) in [5, 5.41) is 5.49. The maximum Gasteiger partial charge on any atom is 0.319 e. The molecule has 0 saturated heterocycles. The van der Waals surface area contributed by atoms with E-state index in [1.807, 2.05) is 32.0 Å². The Kier molecular flexibility index (Phi) is 7.16. The highest BCUT2D eigenvalue weighted by Gasteiger charge is 2.14. The molecule has 0 aliphatic rings. The average Bonchev–Trinajstić information content (AvgIpc) is 2.67. The fraction of sp³-hybridized carbons (Fsp3) is 0.350. The zero-order valence-electron chi connectivity index (χ0n) is 16.3. The smallest absolute Gasteiger partial charge is 0.319 e. The van der Waals surface area contributed by atoms with Crippen LogP contribution in [0.1, 0.15) is 11.1 Å². The third-order valence-corrected chi connectivity index (χ3v) is 4.12. The van der Waals surface area contributed by atoms with Gasteiger partial charge in [0.05, 0.1) is 33.6 Å². The van der Waals surface area contributed by atoms with Crippen LogP contribution in [-0.2, 0) is 0 Å². The van der Waals surface area contributed by atoms with Gasteiger partial charge < -0.3 is 29.6 Å².